The molecule has 0 aliphatic carbocycles. The lowest BCUT2D eigenvalue weighted by atomic mass is 10.1. The lowest BCUT2D eigenvalue weighted by molar-refractivity contribution is -0.136. The highest BCUT2D eigenvalue weighted by molar-refractivity contribution is 5.71. The number of hydrogen-bond acceptors (Lipinski definition) is 3. The summed E-state index contributed by atoms with van der Waals surface area (Å²) < 4.78 is 5.81. The molecule has 4 heteroatoms. The maximum Gasteiger partial charge on any atom is 0.307 e. The Morgan fingerprint density at radius 2 is 2.00 bits per heavy atom. The first kappa shape index (κ1) is 13.1. The summed E-state index contributed by atoms with van der Waals surface area (Å²) in [6.07, 6.45) is 1.43. The number of aromatic nitrogens is 1. The second kappa shape index (κ2) is 6.00. The summed E-state index contributed by atoms with van der Waals surface area (Å²) in [5, 5.41) is 8.87. The molecule has 0 aliphatic heterocycles. The number of ether oxygens (including phenoxy) is 1. The van der Waals surface area contributed by atoms with E-state index in [0.717, 1.165) is 5.69 Å². The van der Waals surface area contributed by atoms with E-state index in [1.807, 2.05) is 31.2 Å². The van der Waals surface area contributed by atoms with Crippen LogP contribution < -0.4 is 4.74 Å². The number of para-hydroxylation sites is 1. The molecule has 1 unspecified atom stereocenters. The molecule has 1 aromatic heterocycles. The van der Waals surface area contributed by atoms with Crippen LogP contribution in [0, 0.1) is 0 Å². The fraction of sp³-hybridized carbons (Fsp3) is 0.200. The largest absolute Gasteiger partial charge is 0.484 e. The van der Waals surface area contributed by atoms with E-state index >= 15 is 0 Å². The van der Waals surface area contributed by atoms with Crippen molar-refractivity contribution >= 4 is 5.97 Å². The van der Waals surface area contributed by atoms with Gasteiger partial charge in [-0.25, -0.2) is 0 Å². The molecular weight excluding hydrogens is 242 g/mol. The number of nitrogens with zero attached hydrogens (tertiary/aromatic N) is 1. The average Bonchev–Trinajstić information content (AvgIpc) is 2.41. The molecule has 1 aromatic carbocycles. The molecule has 0 fully saturated rings. The van der Waals surface area contributed by atoms with Crippen LogP contribution in [-0.2, 0) is 11.2 Å². The normalized spacial score (nSPS) is 11.8. The van der Waals surface area contributed by atoms with Crippen LogP contribution >= 0.6 is 0 Å². The van der Waals surface area contributed by atoms with E-state index in [2.05, 4.69) is 4.98 Å². The van der Waals surface area contributed by atoms with Gasteiger partial charge in [0.15, 0.2) is 0 Å². The SMILES string of the molecule is CC(Oc1ccccc1CC(=O)O)c1ccccn1. The lowest BCUT2D eigenvalue weighted by Gasteiger charge is -2.16. The highest BCUT2D eigenvalue weighted by Crippen LogP contribution is 2.24. The van der Waals surface area contributed by atoms with Gasteiger partial charge in [0.25, 0.3) is 0 Å². The first-order chi connectivity index (χ1) is 9.16. The molecule has 0 saturated heterocycles. The van der Waals surface area contributed by atoms with Crippen LogP contribution in [0.2, 0.25) is 0 Å². The summed E-state index contributed by atoms with van der Waals surface area (Å²) in [6.45, 7) is 1.89. The highest BCUT2D eigenvalue weighted by Gasteiger charge is 2.12. The number of carbonyl (C=O) groups is 1. The Morgan fingerprint density at radius 1 is 1.26 bits per heavy atom. The van der Waals surface area contributed by atoms with Gasteiger partial charge in [-0.1, -0.05) is 24.3 Å². The van der Waals surface area contributed by atoms with Gasteiger partial charge in [0.05, 0.1) is 12.1 Å². The summed E-state index contributed by atoms with van der Waals surface area (Å²) in [5.41, 5.74) is 1.48. The van der Waals surface area contributed by atoms with Gasteiger partial charge in [-0.05, 0) is 25.1 Å². The molecule has 4 nitrogen and oxygen atoms in total. The third-order valence-electron chi connectivity index (χ3n) is 2.72. The van der Waals surface area contributed by atoms with Gasteiger partial charge >= 0.3 is 5.97 Å². The zero-order valence-electron chi connectivity index (χ0n) is 10.6. The molecule has 2 rings (SSSR count). The Bertz CT molecular complexity index is 554. The number of hydrogen-bond donors (Lipinski definition) is 1. The minimum atomic E-state index is -0.874. The zero-order valence-corrected chi connectivity index (χ0v) is 10.6. The van der Waals surface area contributed by atoms with E-state index in [1.165, 1.54) is 0 Å². The summed E-state index contributed by atoms with van der Waals surface area (Å²) in [4.78, 5) is 15.0. The minimum Gasteiger partial charge on any atom is -0.484 e. The van der Waals surface area contributed by atoms with Crippen molar-refractivity contribution in [3.8, 4) is 5.75 Å². The number of benzene rings is 1. The number of aliphatic carboxylic acids is 1. The molecule has 0 radical (unpaired) electrons. The number of carboxylic acids is 1. The van der Waals surface area contributed by atoms with E-state index in [0.29, 0.717) is 11.3 Å². The van der Waals surface area contributed by atoms with Gasteiger partial charge in [0.1, 0.15) is 11.9 Å². The third-order valence-corrected chi connectivity index (χ3v) is 2.72. The number of rotatable bonds is 5. The van der Waals surface area contributed by atoms with Crippen molar-refractivity contribution in [2.24, 2.45) is 0 Å². The summed E-state index contributed by atoms with van der Waals surface area (Å²) in [6, 6.07) is 12.8. The Balaban J connectivity index is 2.17. The number of carboxylic acid groups (broad SMARTS) is 1. The molecule has 1 heterocycles. The minimum absolute atomic E-state index is 0.0505. The van der Waals surface area contributed by atoms with Crippen LogP contribution in [0.25, 0.3) is 0 Å². The Morgan fingerprint density at radius 3 is 2.68 bits per heavy atom. The van der Waals surface area contributed by atoms with Crippen LogP contribution in [0.1, 0.15) is 24.3 Å². The van der Waals surface area contributed by atoms with Crippen molar-refractivity contribution in [1.82, 2.24) is 4.98 Å². The maximum atomic E-state index is 10.8. The van der Waals surface area contributed by atoms with Crippen LogP contribution in [0.15, 0.2) is 48.7 Å². The monoisotopic (exact) mass is 257 g/mol. The van der Waals surface area contributed by atoms with Crippen LogP contribution in [-0.4, -0.2) is 16.1 Å². The first-order valence-electron chi connectivity index (χ1n) is 6.04. The Kier molecular flexibility index (Phi) is 4.13. The van der Waals surface area contributed by atoms with Crippen molar-refractivity contribution in [3.05, 3.63) is 59.9 Å². The molecule has 0 saturated carbocycles. The van der Waals surface area contributed by atoms with Gasteiger partial charge < -0.3 is 9.84 Å². The molecular formula is C15H15NO3. The molecule has 1 N–H and O–H groups in total. The molecule has 2 aromatic rings. The van der Waals surface area contributed by atoms with Crippen molar-refractivity contribution in [2.75, 3.05) is 0 Å². The molecule has 0 amide bonds. The first-order valence-corrected chi connectivity index (χ1v) is 6.04. The zero-order chi connectivity index (χ0) is 13.7. The van der Waals surface area contributed by atoms with Crippen molar-refractivity contribution in [2.45, 2.75) is 19.4 Å². The Hall–Kier alpha value is -2.36. The lowest BCUT2D eigenvalue weighted by Crippen LogP contribution is -2.08. The highest BCUT2D eigenvalue weighted by atomic mass is 16.5. The van der Waals surface area contributed by atoms with Gasteiger partial charge in [0.2, 0.25) is 0 Å². The Labute approximate surface area is 111 Å². The summed E-state index contributed by atoms with van der Waals surface area (Å²) in [7, 11) is 0. The summed E-state index contributed by atoms with van der Waals surface area (Å²) in [5.74, 6) is -0.287. The van der Waals surface area contributed by atoms with Gasteiger partial charge in [-0.3, -0.25) is 9.78 Å². The topological polar surface area (TPSA) is 59.4 Å². The van der Waals surface area contributed by atoms with E-state index in [-0.39, 0.29) is 12.5 Å². The average molecular weight is 257 g/mol. The van der Waals surface area contributed by atoms with Crippen molar-refractivity contribution in [3.63, 3.8) is 0 Å². The number of pyridine rings is 1. The molecule has 1 atom stereocenters. The molecule has 98 valence electrons. The van der Waals surface area contributed by atoms with E-state index in [4.69, 9.17) is 9.84 Å². The summed E-state index contributed by atoms with van der Waals surface area (Å²) >= 11 is 0. The van der Waals surface area contributed by atoms with Crippen molar-refractivity contribution in [1.29, 1.82) is 0 Å². The van der Waals surface area contributed by atoms with Crippen LogP contribution in [0.3, 0.4) is 0 Å². The predicted molar refractivity (Wildman–Crippen MR) is 71.1 cm³/mol. The van der Waals surface area contributed by atoms with E-state index in [9.17, 15) is 4.79 Å². The second-order valence-corrected chi connectivity index (χ2v) is 4.19. The fourth-order valence-corrected chi connectivity index (χ4v) is 1.80. The van der Waals surface area contributed by atoms with Gasteiger partial charge in [-0.15, -0.1) is 0 Å². The molecule has 19 heavy (non-hydrogen) atoms. The van der Waals surface area contributed by atoms with Crippen LogP contribution in [0.4, 0.5) is 0 Å². The van der Waals surface area contributed by atoms with E-state index in [1.54, 1.807) is 24.4 Å². The quantitative estimate of drug-likeness (QED) is 0.894. The van der Waals surface area contributed by atoms with E-state index < -0.39 is 5.97 Å². The molecule has 0 spiro atoms. The predicted octanol–water partition coefficient (Wildman–Crippen LogP) is 2.85. The second-order valence-electron chi connectivity index (χ2n) is 4.19. The third kappa shape index (κ3) is 3.55. The van der Waals surface area contributed by atoms with Gasteiger partial charge in [0, 0.05) is 11.8 Å². The maximum absolute atomic E-state index is 10.8. The van der Waals surface area contributed by atoms with Crippen LogP contribution in [0.5, 0.6) is 5.75 Å². The molecule has 0 aliphatic rings. The fourth-order valence-electron chi connectivity index (χ4n) is 1.80. The van der Waals surface area contributed by atoms with Crippen molar-refractivity contribution < 1.29 is 14.6 Å². The standard InChI is InChI=1S/C15H15NO3/c1-11(13-7-4-5-9-16-13)19-14-8-3-2-6-12(14)10-15(17)18/h2-9,11H,10H2,1H3,(H,17,18). The molecule has 0 bridgehead atoms. The van der Waals surface area contributed by atoms with Gasteiger partial charge in [-0.2, -0.15) is 0 Å². The smallest absolute Gasteiger partial charge is 0.307 e.